The van der Waals surface area contributed by atoms with Crippen LogP contribution in [0.5, 0.6) is 0 Å². The lowest BCUT2D eigenvalue weighted by Gasteiger charge is -2.18. The second-order valence-corrected chi connectivity index (χ2v) is 10.5. The third-order valence-electron chi connectivity index (χ3n) is 5.93. The van der Waals surface area contributed by atoms with Crippen molar-refractivity contribution >= 4 is 26.6 Å². The van der Waals surface area contributed by atoms with E-state index in [9.17, 15) is 13.2 Å². The van der Waals surface area contributed by atoms with E-state index < -0.39 is 9.84 Å². The summed E-state index contributed by atoms with van der Waals surface area (Å²) < 4.78 is 28.6. The number of hydrogen-bond donors (Lipinski definition) is 0. The van der Waals surface area contributed by atoms with Crippen LogP contribution in [0.4, 0.5) is 0 Å². The fourth-order valence-corrected chi connectivity index (χ4v) is 5.71. The predicted octanol–water partition coefficient (Wildman–Crippen LogP) is 4.89. The molecule has 0 radical (unpaired) electrons. The van der Waals surface area contributed by atoms with Gasteiger partial charge in [0.05, 0.1) is 10.6 Å². The smallest absolute Gasteiger partial charge is 0.242 e. The predicted molar refractivity (Wildman–Crippen MR) is 132 cm³/mol. The number of likely N-dealkylation sites (N-methyl/N-ethyl adjacent to an activating group) is 1. The number of nitrogens with zero attached hydrogens (tertiary/aromatic N) is 2. The van der Waals surface area contributed by atoms with Crippen molar-refractivity contribution < 1.29 is 13.2 Å². The Morgan fingerprint density at radius 1 is 0.939 bits per heavy atom. The lowest BCUT2D eigenvalue weighted by molar-refractivity contribution is -0.131. The minimum absolute atomic E-state index is 0.0723. The summed E-state index contributed by atoms with van der Waals surface area (Å²) in [5, 5.41) is 0.640. The number of hydrogen-bond acceptors (Lipinski definition) is 3. The number of sulfone groups is 1. The summed E-state index contributed by atoms with van der Waals surface area (Å²) in [5.41, 5.74) is 4.55. The fourth-order valence-electron chi connectivity index (χ4n) is 4.04. The zero-order valence-electron chi connectivity index (χ0n) is 19.2. The average molecular weight is 461 g/mol. The van der Waals surface area contributed by atoms with E-state index in [1.807, 2.05) is 80.6 Å². The Labute approximate surface area is 195 Å². The maximum absolute atomic E-state index is 13.4. The fraction of sp³-hybridized carbons (Fsp3) is 0.222. The van der Waals surface area contributed by atoms with E-state index in [0.717, 1.165) is 27.8 Å². The van der Waals surface area contributed by atoms with E-state index >= 15 is 0 Å². The number of aryl methyl sites for hydroxylation is 2. The van der Waals surface area contributed by atoms with Crippen LogP contribution in [0.2, 0.25) is 0 Å². The molecule has 4 aromatic rings. The van der Waals surface area contributed by atoms with Gasteiger partial charge >= 0.3 is 0 Å². The standard InChI is InChI=1S/C27H28N2O3S/c1-20-13-14-21(2)23(15-20)19-33(31,32)26-17-29(25-12-8-7-11-24(25)26)18-27(30)28(3)16-22-9-5-4-6-10-22/h4-15,17H,16,18-19H2,1-3H3. The summed E-state index contributed by atoms with van der Waals surface area (Å²) in [7, 11) is -1.85. The highest BCUT2D eigenvalue weighted by Crippen LogP contribution is 2.29. The molecule has 1 amide bonds. The second kappa shape index (κ2) is 9.24. The zero-order chi connectivity index (χ0) is 23.6. The third-order valence-corrected chi connectivity index (χ3v) is 7.62. The lowest BCUT2D eigenvalue weighted by Crippen LogP contribution is -2.29. The maximum Gasteiger partial charge on any atom is 0.242 e. The van der Waals surface area contributed by atoms with E-state index in [2.05, 4.69) is 0 Å². The Morgan fingerprint density at radius 3 is 2.39 bits per heavy atom. The Morgan fingerprint density at radius 2 is 1.64 bits per heavy atom. The molecule has 0 saturated heterocycles. The number of benzene rings is 3. The van der Waals surface area contributed by atoms with Crippen LogP contribution >= 0.6 is 0 Å². The van der Waals surface area contributed by atoms with Crippen LogP contribution in [-0.2, 0) is 33.5 Å². The van der Waals surface area contributed by atoms with Crippen molar-refractivity contribution in [2.45, 2.75) is 37.6 Å². The number of aromatic nitrogens is 1. The van der Waals surface area contributed by atoms with Crippen LogP contribution in [0.3, 0.4) is 0 Å². The maximum atomic E-state index is 13.4. The van der Waals surface area contributed by atoms with Gasteiger partial charge in [-0.3, -0.25) is 4.79 Å². The lowest BCUT2D eigenvalue weighted by atomic mass is 10.1. The first-order valence-electron chi connectivity index (χ1n) is 10.9. The first kappa shape index (κ1) is 22.8. The van der Waals surface area contributed by atoms with Crippen LogP contribution in [0, 0.1) is 13.8 Å². The molecule has 0 saturated carbocycles. The summed E-state index contributed by atoms with van der Waals surface area (Å²) in [6.07, 6.45) is 1.61. The van der Waals surface area contributed by atoms with Gasteiger partial charge in [-0.05, 0) is 36.6 Å². The molecule has 1 aromatic heterocycles. The van der Waals surface area contributed by atoms with Crippen molar-refractivity contribution in [3.63, 3.8) is 0 Å². The first-order chi connectivity index (χ1) is 15.7. The molecule has 0 aliphatic carbocycles. The molecule has 0 bridgehead atoms. The molecule has 0 fully saturated rings. The van der Waals surface area contributed by atoms with Gasteiger partial charge in [0.2, 0.25) is 5.91 Å². The molecular weight excluding hydrogens is 432 g/mol. The van der Waals surface area contributed by atoms with Gasteiger partial charge in [-0.15, -0.1) is 0 Å². The van der Waals surface area contributed by atoms with Crippen molar-refractivity contribution in [2.24, 2.45) is 0 Å². The number of carbonyl (C=O) groups is 1. The molecule has 0 N–H and O–H groups in total. The van der Waals surface area contributed by atoms with E-state index in [-0.39, 0.29) is 23.1 Å². The summed E-state index contributed by atoms with van der Waals surface area (Å²) >= 11 is 0. The Kier molecular flexibility index (Phi) is 6.38. The molecule has 6 heteroatoms. The van der Waals surface area contributed by atoms with Gasteiger partial charge in [0.15, 0.2) is 9.84 Å². The van der Waals surface area contributed by atoms with Crippen molar-refractivity contribution in [1.82, 2.24) is 9.47 Å². The quantitative estimate of drug-likeness (QED) is 0.395. The van der Waals surface area contributed by atoms with Gasteiger partial charge in [0, 0.05) is 30.7 Å². The molecule has 3 aromatic carbocycles. The van der Waals surface area contributed by atoms with E-state index in [1.54, 1.807) is 28.8 Å². The van der Waals surface area contributed by atoms with Crippen LogP contribution in [0.15, 0.2) is 83.9 Å². The third kappa shape index (κ3) is 5.01. The topological polar surface area (TPSA) is 59.4 Å². The number of fused-ring (bicyclic) bond motifs is 1. The van der Waals surface area contributed by atoms with Crippen molar-refractivity contribution in [3.05, 3.63) is 101 Å². The number of carbonyl (C=O) groups excluding carboxylic acids is 1. The SMILES string of the molecule is Cc1ccc(C)c(CS(=O)(=O)c2cn(CC(=O)N(C)Cc3ccccc3)c3ccccc23)c1. The molecule has 0 spiro atoms. The molecule has 170 valence electrons. The number of amides is 1. The van der Waals surface area contributed by atoms with Crippen molar-refractivity contribution in [1.29, 1.82) is 0 Å². The van der Waals surface area contributed by atoms with Gasteiger partial charge in [0.1, 0.15) is 6.54 Å². The van der Waals surface area contributed by atoms with Gasteiger partial charge in [-0.1, -0.05) is 72.3 Å². The van der Waals surface area contributed by atoms with Crippen LogP contribution in [-0.4, -0.2) is 30.8 Å². The highest BCUT2D eigenvalue weighted by atomic mass is 32.2. The molecule has 33 heavy (non-hydrogen) atoms. The summed E-state index contributed by atoms with van der Waals surface area (Å²) in [4.78, 5) is 14.9. The molecule has 0 aliphatic rings. The number of para-hydroxylation sites is 1. The molecular formula is C27H28N2O3S. The summed E-state index contributed by atoms with van der Waals surface area (Å²) in [6.45, 7) is 4.45. The molecule has 4 rings (SSSR count). The summed E-state index contributed by atoms with van der Waals surface area (Å²) in [6, 6.07) is 23.0. The van der Waals surface area contributed by atoms with Crippen LogP contribution in [0.25, 0.3) is 10.9 Å². The van der Waals surface area contributed by atoms with E-state index in [0.29, 0.717) is 11.9 Å². The molecule has 1 heterocycles. The average Bonchev–Trinajstić information content (AvgIpc) is 3.16. The largest absolute Gasteiger partial charge is 0.340 e. The van der Waals surface area contributed by atoms with Gasteiger partial charge < -0.3 is 9.47 Å². The van der Waals surface area contributed by atoms with E-state index in [4.69, 9.17) is 0 Å². The monoisotopic (exact) mass is 460 g/mol. The van der Waals surface area contributed by atoms with E-state index in [1.165, 1.54) is 0 Å². The summed E-state index contributed by atoms with van der Waals surface area (Å²) in [5.74, 6) is -0.158. The van der Waals surface area contributed by atoms with Gasteiger partial charge in [-0.25, -0.2) is 8.42 Å². The van der Waals surface area contributed by atoms with Crippen molar-refractivity contribution in [3.8, 4) is 0 Å². The minimum Gasteiger partial charge on any atom is -0.340 e. The second-order valence-electron chi connectivity index (χ2n) is 8.56. The van der Waals surface area contributed by atoms with Crippen LogP contribution < -0.4 is 0 Å². The Bertz CT molecular complexity index is 1410. The molecule has 0 atom stereocenters. The van der Waals surface area contributed by atoms with Crippen molar-refractivity contribution in [2.75, 3.05) is 7.05 Å². The van der Waals surface area contributed by atoms with Crippen LogP contribution in [0.1, 0.15) is 22.3 Å². The Hall–Kier alpha value is -3.38. The number of rotatable bonds is 7. The molecule has 0 unspecified atom stereocenters. The Balaban J connectivity index is 1.63. The molecule has 0 aliphatic heterocycles. The molecule has 5 nitrogen and oxygen atoms in total. The highest BCUT2D eigenvalue weighted by molar-refractivity contribution is 7.90. The normalized spacial score (nSPS) is 11.6. The highest BCUT2D eigenvalue weighted by Gasteiger charge is 2.23. The zero-order valence-corrected chi connectivity index (χ0v) is 20.0. The van der Waals surface area contributed by atoms with Gasteiger partial charge in [-0.2, -0.15) is 0 Å². The van der Waals surface area contributed by atoms with Gasteiger partial charge in [0.25, 0.3) is 0 Å². The first-order valence-corrected chi connectivity index (χ1v) is 12.5. The minimum atomic E-state index is -3.61.